The second-order valence-corrected chi connectivity index (χ2v) is 5.10. The summed E-state index contributed by atoms with van der Waals surface area (Å²) in [6.45, 7) is 3.50. The van der Waals surface area contributed by atoms with Gasteiger partial charge in [-0.3, -0.25) is 0 Å². The highest BCUT2D eigenvalue weighted by Crippen LogP contribution is 2.25. The predicted molar refractivity (Wildman–Crippen MR) is 86.7 cm³/mol. The number of hydrogen-bond acceptors (Lipinski definition) is 8. The van der Waals surface area contributed by atoms with Crippen molar-refractivity contribution in [2.45, 2.75) is 20.0 Å². The van der Waals surface area contributed by atoms with Gasteiger partial charge in [-0.15, -0.1) is 0 Å². The van der Waals surface area contributed by atoms with Gasteiger partial charge in [-0.05, 0) is 19.9 Å². The van der Waals surface area contributed by atoms with E-state index in [1.807, 2.05) is 0 Å². The third kappa shape index (κ3) is 3.65. The molecule has 0 fully saturated rings. The van der Waals surface area contributed by atoms with Crippen LogP contribution < -0.4 is 5.32 Å². The van der Waals surface area contributed by atoms with Crippen molar-refractivity contribution in [3.63, 3.8) is 0 Å². The highest BCUT2D eigenvalue weighted by molar-refractivity contribution is 5.98. The molecule has 2 rings (SSSR count). The molecule has 0 aromatic carbocycles. The zero-order chi connectivity index (χ0) is 17.7. The summed E-state index contributed by atoms with van der Waals surface area (Å²) in [5, 5.41) is 2.82. The molecule has 0 saturated carbocycles. The molecule has 0 aliphatic rings. The Morgan fingerprint density at radius 3 is 2.50 bits per heavy atom. The average Bonchev–Trinajstić information content (AvgIpc) is 2.59. The number of anilines is 1. The second kappa shape index (κ2) is 7.49. The second-order valence-electron chi connectivity index (χ2n) is 5.10. The van der Waals surface area contributed by atoms with E-state index in [1.54, 1.807) is 27.0 Å². The van der Waals surface area contributed by atoms with E-state index in [0.29, 0.717) is 17.1 Å². The quantitative estimate of drug-likeness (QED) is 0.830. The maximum atomic E-state index is 12.2. The van der Waals surface area contributed by atoms with Crippen molar-refractivity contribution in [1.82, 2.24) is 15.0 Å². The number of methoxy groups -OCH3 is 1. The number of aromatic nitrogens is 3. The number of rotatable bonds is 5. The first-order valence-corrected chi connectivity index (χ1v) is 7.25. The van der Waals surface area contributed by atoms with Crippen molar-refractivity contribution in [1.29, 1.82) is 0 Å². The number of nitrogens with zero attached hydrogens (tertiary/aromatic N) is 3. The Bertz CT molecular complexity index is 761. The van der Waals surface area contributed by atoms with E-state index in [9.17, 15) is 9.59 Å². The van der Waals surface area contributed by atoms with Crippen molar-refractivity contribution in [2.24, 2.45) is 0 Å². The molecule has 0 saturated heterocycles. The largest absolute Gasteiger partial charge is 0.465 e. The van der Waals surface area contributed by atoms with Gasteiger partial charge < -0.3 is 14.8 Å². The summed E-state index contributed by atoms with van der Waals surface area (Å²) >= 11 is 0. The lowest BCUT2D eigenvalue weighted by atomic mass is 10.1. The average molecular weight is 330 g/mol. The van der Waals surface area contributed by atoms with Crippen LogP contribution in [0, 0.1) is 0 Å². The molecular weight excluding hydrogens is 312 g/mol. The number of carbonyl (C=O) groups excluding carboxylic acids is 2. The number of pyridine rings is 1. The molecule has 8 nitrogen and oxygen atoms in total. The molecule has 0 radical (unpaired) electrons. The number of carbonyl (C=O) groups is 2. The van der Waals surface area contributed by atoms with Crippen LogP contribution in [0.15, 0.2) is 24.8 Å². The van der Waals surface area contributed by atoms with E-state index in [1.165, 1.54) is 25.8 Å². The summed E-state index contributed by atoms with van der Waals surface area (Å²) in [4.78, 5) is 36.3. The molecule has 0 bridgehead atoms. The van der Waals surface area contributed by atoms with Crippen LogP contribution in [0.5, 0.6) is 0 Å². The van der Waals surface area contributed by atoms with Crippen molar-refractivity contribution >= 4 is 17.8 Å². The number of hydrogen-bond donors (Lipinski definition) is 1. The molecule has 2 heterocycles. The molecule has 0 atom stereocenters. The van der Waals surface area contributed by atoms with Gasteiger partial charge in [0, 0.05) is 25.0 Å². The molecule has 126 valence electrons. The fraction of sp³-hybridized carbons (Fsp3) is 0.312. The van der Waals surface area contributed by atoms with Crippen LogP contribution >= 0.6 is 0 Å². The van der Waals surface area contributed by atoms with Crippen LogP contribution in [0.3, 0.4) is 0 Å². The van der Waals surface area contributed by atoms with Crippen LogP contribution in [0.2, 0.25) is 0 Å². The molecule has 0 unspecified atom stereocenters. The van der Waals surface area contributed by atoms with E-state index in [0.717, 1.165) is 0 Å². The third-order valence-electron chi connectivity index (χ3n) is 3.08. The number of nitrogens with one attached hydrogen (secondary N) is 1. The summed E-state index contributed by atoms with van der Waals surface area (Å²) in [6.07, 6.45) is 3.91. The van der Waals surface area contributed by atoms with Crippen LogP contribution in [-0.2, 0) is 9.47 Å². The van der Waals surface area contributed by atoms with Gasteiger partial charge in [-0.1, -0.05) is 0 Å². The zero-order valence-corrected chi connectivity index (χ0v) is 13.9. The Morgan fingerprint density at radius 2 is 1.88 bits per heavy atom. The SMILES string of the molecule is CNc1ncc(-c2ncncc2C(=O)OC(C)C)cc1C(=O)OC. The number of ether oxygens (including phenoxy) is 2. The van der Waals surface area contributed by atoms with Gasteiger partial charge in [0.05, 0.1) is 18.9 Å². The molecule has 0 spiro atoms. The molecule has 0 aliphatic carbocycles. The minimum atomic E-state index is -0.547. The Morgan fingerprint density at radius 1 is 1.12 bits per heavy atom. The highest BCUT2D eigenvalue weighted by atomic mass is 16.5. The normalized spacial score (nSPS) is 10.4. The first-order valence-electron chi connectivity index (χ1n) is 7.25. The summed E-state index contributed by atoms with van der Waals surface area (Å²) in [7, 11) is 2.93. The highest BCUT2D eigenvalue weighted by Gasteiger charge is 2.20. The lowest BCUT2D eigenvalue weighted by Gasteiger charge is -2.12. The minimum Gasteiger partial charge on any atom is -0.465 e. The van der Waals surface area contributed by atoms with Crippen molar-refractivity contribution < 1.29 is 19.1 Å². The van der Waals surface area contributed by atoms with E-state index < -0.39 is 11.9 Å². The molecule has 0 amide bonds. The molecule has 1 N–H and O–H groups in total. The third-order valence-corrected chi connectivity index (χ3v) is 3.08. The van der Waals surface area contributed by atoms with Crippen molar-refractivity contribution in [3.05, 3.63) is 35.9 Å². The van der Waals surface area contributed by atoms with Gasteiger partial charge in [-0.25, -0.2) is 24.5 Å². The molecule has 2 aromatic rings. The summed E-state index contributed by atoms with van der Waals surface area (Å²) in [5.41, 5.74) is 1.24. The fourth-order valence-corrected chi connectivity index (χ4v) is 2.05. The van der Waals surface area contributed by atoms with E-state index in [2.05, 4.69) is 20.3 Å². The van der Waals surface area contributed by atoms with Crippen LogP contribution in [-0.4, -0.2) is 47.2 Å². The maximum Gasteiger partial charge on any atom is 0.342 e. The molecular formula is C16H18N4O4. The Kier molecular flexibility index (Phi) is 5.41. The first-order chi connectivity index (χ1) is 11.5. The summed E-state index contributed by atoms with van der Waals surface area (Å²) in [5.74, 6) is -0.724. The van der Waals surface area contributed by atoms with Crippen LogP contribution in [0.25, 0.3) is 11.3 Å². The first kappa shape index (κ1) is 17.3. The van der Waals surface area contributed by atoms with E-state index in [-0.39, 0.29) is 17.2 Å². The minimum absolute atomic E-state index is 0.195. The van der Waals surface area contributed by atoms with Gasteiger partial charge in [0.15, 0.2) is 0 Å². The smallest absolute Gasteiger partial charge is 0.342 e. The predicted octanol–water partition coefficient (Wildman–Crippen LogP) is 1.93. The zero-order valence-electron chi connectivity index (χ0n) is 13.9. The monoisotopic (exact) mass is 330 g/mol. The van der Waals surface area contributed by atoms with Gasteiger partial charge in [-0.2, -0.15) is 0 Å². The Hall–Kier alpha value is -3.03. The van der Waals surface area contributed by atoms with Crippen LogP contribution in [0.1, 0.15) is 34.6 Å². The molecule has 0 aliphatic heterocycles. The molecule has 2 aromatic heterocycles. The summed E-state index contributed by atoms with van der Waals surface area (Å²) in [6, 6.07) is 1.55. The molecule has 24 heavy (non-hydrogen) atoms. The lowest BCUT2D eigenvalue weighted by Crippen LogP contribution is -2.14. The topological polar surface area (TPSA) is 103 Å². The van der Waals surface area contributed by atoms with Crippen molar-refractivity contribution in [2.75, 3.05) is 19.5 Å². The van der Waals surface area contributed by atoms with Gasteiger partial charge in [0.1, 0.15) is 23.3 Å². The maximum absolute atomic E-state index is 12.2. The van der Waals surface area contributed by atoms with Gasteiger partial charge >= 0.3 is 11.9 Å². The van der Waals surface area contributed by atoms with E-state index in [4.69, 9.17) is 9.47 Å². The lowest BCUT2D eigenvalue weighted by molar-refractivity contribution is 0.0377. The van der Waals surface area contributed by atoms with Crippen LogP contribution in [0.4, 0.5) is 5.82 Å². The Balaban J connectivity index is 2.53. The van der Waals surface area contributed by atoms with E-state index >= 15 is 0 Å². The standard InChI is InChI=1S/C16H18N4O4/c1-9(2)24-16(22)12-7-18-8-20-13(12)10-5-11(15(21)23-4)14(17-3)19-6-10/h5-9H,1-4H3,(H,17,19). The summed E-state index contributed by atoms with van der Waals surface area (Å²) < 4.78 is 9.96. The fourth-order valence-electron chi connectivity index (χ4n) is 2.05. The van der Waals surface area contributed by atoms with Crippen molar-refractivity contribution in [3.8, 4) is 11.3 Å². The number of esters is 2. The molecule has 8 heteroatoms. The van der Waals surface area contributed by atoms with Gasteiger partial charge in [0.2, 0.25) is 0 Å². The Labute approximate surface area is 139 Å². The van der Waals surface area contributed by atoms with Gasteiger partial charge in [0.25, 0.3) is 0 Å².